The Morgan fingerprint density at radius 2 is 2.35 bits per heavy atom. The molecule has 1 rings (SSSR count). The van der Waals surface area contributed by atoms with Gasteiger partial charge in [-0.3, -0.25) is 4.28 Å². The van der Waals surface area contributed by atoms with Gasteiger partial charge >= 0.3 is 10.1 Å². The number of oxime groups is 1. The minimum Gasteiger partial charge on any atom is -0.267 e. The van der Waals surface area contributed by atoms with E-state index in [1.807, 2.05) is 0 Å². The first-order valence-electron chi connectivity index (χ1n) is 5.25. The maximum Gasteiger partial charge on any atom is 0.325 e. The van der Waals surface area contributed by atoms with Gasteiger partial charge in [0.15, 0.2) is 5.71 Å². The molecule has 17 heavy (non-hydrogen) atoms. The van der Waals surface area contributed by atoms with E-state index >= 15 is 0 Å². The molecule has 0 heterocycles. The number of nitriles is 1. The van der Waals surface area contributed by atoms with E-state index in [0.29, 0.717) is 0 Å². The molecule has 92 valence electrons. The first-order chi connectivity index (χ1) is 8.01. The molecule has 0 bridgehead atoms. The van der Waals surface area contributed by atoms with Crippen LogP contribution >= 0.6 is 0 Å². The standard InChI is InChI=1S/C11H14N2O3S/c1-17(14,15)16-13-11(9-12)8-7-10-5-3-2-4-6-10/h5,7-8H,2-4,6H2,1H3. The molecule has 1 aliphatic carbocycles. The molecule has 0 aromatic heterocycles. The summed E-state index contributed by atoms with van der Waals surface area (Å²) in [6.07, 6.45) is 10.5. The minimum atomic E-state index is -3.66. The summed E-state index contributed by atoms with van der Waals surface area (Å²) >= 11 is 0. The van der Waals surface area contributed by atoms with Crippen LogP contribution in [0.15, 0.2) is 29.0 Å². The molecule has 0 aromatic rings. The van der Waals surface area contributed by atoms with Crippen molar-refractivity contribution in [2.45, 2.75) is 25.7 Å². The summed E-state index contributed by atoms with van der Waals surface area (Å²) in [4.78, 5) is 0. The van der Waals surface area contributed by atoms with Crippen molar-refractivity contribution in [2.24, 2.45) is 5.16 Å². The maximum atomic E-state index is 10.7. The molecule has 0 radical (unpaired) electrons. The lowest BCUT2D eigenvalue weighted by molar-refractivity contribution is 0.344. The van der Waals surface area contributed by atoms with Crippen molar-refractivity contribution in [2.75, 3.05) is 6.26 Å². The molecule has 0 fully saturated rings. The van der Waals surface area contributed by atoms with Gasteiger partial charge < -0.3 is 0 Å². The third-order valence-corrected chi connectivity index (χ3v) is 2.51. The Bertz CT molecular complexity index is 495. The van der Waals surface area contributed by atoms with Crippen molar-refractivity contribution in [3.8, 4) is 6.07 Å². The Labute approximate surface area is 101 Å². The van der Waals surface area contributed by atoms with Gasteiger partial charge in [-0.05, 0) is 31.8 Å². The summed E-state index contributed by atoms with van der Waals surface area (Å²) in [5.41, 5.74) is 1.07. The maximum absolute atomic E-state index is 10.7. The Morgan fingerprint density at radius 1 is 1.59 bits per heavy atom. The van der Waals surface area contributed by atoms with Gasteiger partial charge in [0.05, 0.1) is 6.26 Å². The zero-order valence-electron chi connectivity index (χ0n) is 9.59. The van der Waals surface area contributed by atoms with Gasteiger partial charge in [-0.25, -0.2) is 0 Å². The summed E-state index contributed by atoms with van der Waals surface area (Å²) in [5.74, 6) is 0. The van der Waals surface area contributed by atoms with Gasteiger partial charge in [-0.15, -0.1) is 0 Å². The highest BCUT2D eigenvalue weighted by Gasteiger charge is 2.03. The molecular weight excluding hydrogens is 240 g/mol. The highest BCUT2D eigenvalue weighted by Crippen LogP contribution is 2.17. The Hall–Kier alpha value is -1.61. The van der Waals surface area contributed by atoms with Crippen molar-refractivity contribution in [1.29, 1.82) is 5.26 Å². The second-order valence-electron chi connectivity index (χ2n) is 3.73. The van der Waals surface area contributed by atoms with Crippen LogP contribution in [-0.4, -0.2) is 20.4 Å². The van der Waals surface area contributed by atoms with Gasteiger partial charge in [0.1, 0.15) is 6.07 Å². The van der Waals surface area contributed by atoms with Crippen molar-refractivity contribution < 1.29 is 12.7 Å². The molecule has 0 aromatic carbocycles. The SMILES string of the molecule is CS(=O)(=O)ON=C(C#N)C=CC1=CCCCC1. The van der Waals surface area contributed by atoms with E-state index in [1.165, 1.54) is 12.5 Å². The van der Waals surface area contributed by atoms with Crippen LogP contribution in [0.25, 0.3) is 0 Å². The molecule has 0 amide bonds. The van der Waals surface area contributed by atoms with Gasteiger partial charge in [0.25, 0.3) is 0 Å². The Morgan fingerprint density at radius 3 is 2.88 bits per heavy atom. The van der Waals surface area contributed by atoms with Crippen molar-refractivity contribution in [3.63, 3.8) is 0 Å². The highest BCUT2D eigenvalue weighted by molar-refractivity contribution is 7.85. The summed E-state index contributed by atoms with van der Waals surface area (Å²) in [6.45, 7) is 0. The van der Waals surface area contributed by atoms with Crippen LogP contribution in [0.5, 0.6) is 0 Å². The van der Waals surface area contributed by atoms with E-state index in [-0.39, 0.29) is 5.71 Å². The van der Waals surface area contributed by atoms with Gasteiger partial charge in [0.2, 0.25) is 0 Å². The van der Waals surface area contributed by atoms with Crippen LogP contribution in [-0.2, 0) is 14.4 Å². The molecule has 6 heteroatoms. The third kappa shape index (κ3) is 5.88. The van der Waals surface area contributed by atoms with E-state index in [1.54, 1.807) is 12.1 Å². The van der Waals surface area contributed by atoms with Crippen LogP contribution in [0.4, 0.5) is 0 Å². The lowest BCUT2D eigenvalue weighted by atomic mass is 9.99. The number of rotatable bonds is 4. The van der Waals surface area contributed by atoms with Crippen LogP contribution < -0.4 is 0 Å². The fourth-order valence-electron chi connectivity index (χ4n) is 1.40. The first kappa shape index (κ1) is 13.5. The molecule has 1 aliphatic rings. The fourth-order valence-corrected chi connectivity index (χ4v) is 1.61. The highest BCUT2D eigenvalue weighted by atomic mass is 32.2. The van der Waals surface area contributed by atoms with Crippen LogP contribution in [0.3, 0.4) is 0 Å². The summed E-state index contributed by atoms with van der Waals surface area (Å²) < 4.78 is 25.6. The van der Waals surface area contributed by atoms with E-state index in [9.17, 15) is 8.42 Å². The largest absolute Gasteiger partial charge is 0.325 e. The van der Waals surface area contributed by atoms with Crippen LogP contribution in [0.1, 0.15) is 25.7 Å². The summed E-state index contributed by atoms with van der Waals surface area (Å²) in [5, 5.41) is 12.0. The molecule has 0 saturated carbocycles. The second kappa shape index (κ2) is 6.21. The summed E-state index contributed by atoms with van der Waals surface area (Å²) in [7, 11) is -3.66. The molecule has 0 N–H and O–H groups in total. The summed E-state index contributed by atoms with van der Waals surface area (Å²) in [6, 6.07) is 1.76. The number of nitrogens with zero attached hydrogens (tertiary/aromatic N) is 2. The molecule has 5 nitrogen and oxygen atoms in total. The number of hydrogen-bond acceptors (Lipinski definition) is 5. The fraction of sp³-hybridized carbons (Fsp3) is 0.455. The normalized spacial score (nSPS) is 17.6. The molecule has 0 spiro atoms. The number of allylic oxidation sites excluding steroid dienone is 4. The van der Waals surface area contributed by atoms with E-state index in [4.69, 9.17) is 5.26 Å². The molecule has 0 saturated heterocycles. The van der Waals surface area contributed by atoms with Crippen LogP contribution in [0.2, 0.25) is 0 Å². The zero-order valence-corrected chi connectivity index (χ0v) is 10.4. The van der Waals surface area contributed by atoms with E-state index in [0.717, 1.165) is 31.1 Å². The lowest BCUT2D eigenvalue weighted by Gasteiger charge is -2.07. The molecular formula is C11H14N2O3S. The Balaban J connectivity index is 2.67. The first-order valence-corrected chi connectivity index (χ1v) is 7.07. The van der Waals surface area contributed by atoms with E-state index in [2.05, 4.69) is 15.5 Å². The van der Waals surface area contributed by atoms with Gasteiger partial charge in [0, 0.05) is 0 Å². The average molecular weight is 254 g/mol. The van der Waals surface area contributed by atoms with Crippen LogP contribution in [0, 0.1) is 11.3 Å². The minimum absolute atomic E-state index is 0.0677. The lowest BCUT2D eigenvalue weighted by Crippen LogP contribution is -2.00. The molecule has 0 unspecified atom stereocenters. The zero-order chi connectivity index (χ0) is 12.7. The second-order valence-corrected chi connectivity index (χ2v) is 5.28. The third-order valence-electron chi connectivity index (χ3n) is 2.17. The predicted molar refractivity (Wildman–Crippen MR) is 64.7 cm³/mol. The van der Waals surface area contributed by atoms with Gasteiger partial charge in [-0.1, -0.05) is 22.9 Å². The monoisotopic (exact) mass is 254 g/mol. The molecule has 0 atom stereocenters. The molecule has 0 aliphatic heterocycles. The average Bonchev–Trinajstić information content (AvgIpc) is 2.29. The number of hydrogen-bond donors (Lipinski definition) is 0. The van der Waals surface area contributed by atoms with Crippen molar-refractivity contribution >= 4 is 15.8 Å². The predicted octanol–water partition coefficient (Wildman–Crippen LogP) is 1.90. The van der Waals surface area contributed by atoms with Crippen molar-refractivity contribution in [1.82, 2.24) is 0 Å². The van der Waals surface area contributed by atoms with Gasteiger partial charge in [-0.2, -0.15) is 13.7 Å². The smallest absolute Gasteiger partial charge is 0.267 e. The Kier molecular flexibility index (Phi) is 4.91. The quantitative estimate of drug-likeness (QED) is 0.567. The van der Waals surface area contributed by atoms with Crippen molar-refractivity contribution in [3.05, 3.63) is 23.8 Å². The van der Waals surface area contributed by atoms with E-state index < -0.39 is 10.1 Å². The topological polar surface area (TPSA) is 79.5 Å².